The third-order valence-corrected chi connectivity index (χ3v) is 6.44. The van der Waals surface area contributed by atoms with Gasteiger partial charge in [0.05, 0.1) is 47.8 Å². The Morgan fingerprint density at radius 2 is 1.90 bits per heavy atom. The largest absolute Gasteiger partial charge is 0.868 e. The summed E-state index contributed by atoms with van der Waals surface area (Å²) < 4.78 is 0. The smallest absolute Gasteiger partial charge is 0.240 e. The van der Waals surface area contributed by atoms with Crippen molar-refractivity contribution in [3.8, 4) is 0 Å². The molecule has 7 nitrogen and oxygen atoms in total. The number of nitrogens with zero attached hydrogens (tertiary/aromatic N) is 3. The molecule has 1 atom stereocenters. The van der Waals surface area contributed by atoms with E-state index in [1.807, 2.05) is 6.92 Å². The lowest BCUT2D eigenvalue weighted by atomic mass is 9.96. The van der Waals surface area contributed by atoms with Gasteiger partial charge in [-0.3, -0.25) is 14.6 Å². The number of nitrogens with one attached hydrogen (secondary N) is 1. The molecular formula is C21H26N4O3S. The molecule has 3 rings (SSSR count). The molecule has 1 aliphatic heterocycles. The lowest BCUT2D eigenvalue weighted by molar-refractivity contribution is -0.895. The second-order valence-corrected chi connectivity index (χ2v) is 8.31. The van der Waals surface area contributed by atoms with Crippen LogP contribution in [0.3, 0.4) is 0 Å². The minimum Gasteiger partial charge on any atom is -0.868 e. The van der Waals surface area contributed by atoms with E-state index in [0.717, 1.165) is 23.7 Å². The van der Waals surface area contributed by atoms with Crippen molar-refractivity contribution in [3.05, 3.63) is 57.0 Å². The van der Waals surface area contributed by atoms with Crippen molar-refractivity contribution >= 4 is 23.0 Å². The number of hydrogen-bond acceptors (Lipinski definition) is 6. The van der Waals surface area contributed by atoms with E-state index in [2.05, 4.69) is 23.8 Å². The molecule has 0 aliphatic carbocycles. The molecule has 2 aromatic rings. The summed E-state index contributed by atoms with van der Waals surface area (Å²) in [5.41, 5.74) is 1.32. The maximum Gasteiger partial charge on any atom is 0.240 e. The Labute approximate surface area is 174 Å². The van der Waals surface area contributed by atoms with Gasteiger partial charge in [0.1, 0.15) is 0 Å². The summed E-state index contributed by atoms with van der Waals surface area (Å²) in [4.78, 5) is 37.8. The van der Waals surface area contributed by atoms with E-state index in [1.165, 1.54) is 16.2 Å². The van der Waals surface area contributed by atoms with Crippen molar-refractivity contribution in [2.24, 2.45) is 0 Å². The molecule has 2 aromatic heterocycles. The summed E-state index contributed by atoms with van der Waals surface area (Å²) in [5, 5.41) is 13.7. The van der Waals surface area contributed by atoms with Crippen LogP contribution in [0.1, 0.15) is 45.8 Å². The van der Waals surface area contributed by atoms with Gasteiger partial charge in [0.2, 0.25) is 11.7 Å². The molecule has 29 heavy (non-hydrogen) atoms. The Morgan fingerprint density at radius 3 is 2.45 bits per heavy atom. The van der Waals surface area contributed by atoms with Crippen LogP contribution in [0, 0.1) is 13.8 Å². The zero-order chi connectivity index (χ0) is 21.1. The molecule has 1 N–H and O–H groups in total. The van der Waals surface area contributed by atoms with Crippen molar-refractivity contribution in [2.45, 2.75) is 33.7 Å². The molecule has 1 unspecified atom stereocenters. The Bertz CT molecular complexity index is 935. The topological polar surface area (TPSA) is 90.7 Å². The summed E-state index contributed by atoms with van der Waals surface area (Å²) in [6, 6.07) is 2.82. The molecule has 0 saturated heterocycles. The number of carbonyl (C=O) groups excluding carboxylic acids is 2. The maximum absolute atomic E-state index is 13.3. The minimum atomic E-state index is -0.711. The van der Waals surface area contributed by atoms with Gasteiger partial charge in [-0.05, 0) is 51.2 Å². The molecule has 1 amide bonds. The monoisotopic (exact) mass is 414 g/mol. The number of Topliss-reactive ketones (excluding diaryl/α,β-unsaturated/α-hetero) is 1. The predicted molar refractivity (Wildman–Crippen MR) is 109 cm³/mol. The second-order valence-electron chi connectivity index (χ2n) is 7.11. The van der Waals surface area contributed by atoms with Crippen LogP contribution in [-0.2, 0) is 4.79 Å². The van der Waals surface area contributed by atoms with Gasteiger partial charge >= 0.3 is 0 Å². The molecule has 3 heterocycles. The van der Waals surface area contributed by atoms with Crippen molar-refractivity contribution in [3.63, 3.8) is 0 Å². The maximum atomic E-state index is 13.3. The molecule has 0 radical (unpaired) electrons. The average molecular weight is 415 g/mol. The van der Waals surface area contributed by atoms with Crippen molar-refractivity contribution in [1.82, 2.24) is 14.9 Å². The van der Waals surface area contributed by atoms with Gasteiger partial charge in [-0.15, -0.1) is 11.3 Å². The molecule has 8 heteroatoms. The van der Waals surface area contributed by atoms with E-state index in [4.69, 9.17) is 0 Å². The van der Waals surface area contributed by atoms with Crippen LogP contribution < -0.4 is 10.0 Å². The fourth-order valence-corrected chi connectivity index (χ4v) is 4.61. The first-order valence-electron chi connectivity index (χ1n) is 9.83. The highest BCUT2D eigenvalue weighted by Gasteiger charge is 2.40. The molecule has 1 aliphatic rings. The Hall–Kier alpha value is -2.58. The second kappa shape index (κ2) is 8.84. The third-order valence-electron chi connectivity index (χ3n) is 5.37. The SMILES string of the molecule is CC[NH+](CC)CCN1C(=O)C([O-])=C(C(=O)c2sc(C)nc2C)C1c1ccncc1. The fraction of sp³-hybridized carbons (Fsp3) is 0.429. The Morgan fingerprint density at radius 1 is 1.24 bits per heavy atom. The number of rotatable bonds is 8. The van der Waals surface area contributed by atoms with Crippen LogP contribution in [0.15, 0.2) is 35.9 Å². The Balaban J connectivity index is 2.02. The van der Waals surface area contributed by atoms with Crippen LogP contribution in [0.2, 0.25) is 0 Å². The fourth-order valence-electron chi connectivity index (χ4n) is 3.74. The van der Waals surface area contributed by atoms with Gasteiger partial charge in [-0.1, -0.05) is 0 Å². The molecular weight excluding hydrogens is 388 g/mol. The number of quaternary nitrogens is 1. The molecule has 154 valence electrons. The minimum absolute atomic E-state index is 0.0162. The van der Waals surface area contributed by atoms with Gasteiger partial charge < -0.3 is 14.9 Å². The van der Waals surface area contributed by atoms with Gasteiger partial charge in [-0.25, -0.2) is 4.98 Å². The molecule has 0 fully saturated rings. The van der Waals surface area contributed by atoms with Crippen molar-refractivity contribution < 1.29 is 19.6 Å². The number of aryl methyl sites for hydroxylation is 2. The first kappa shape index (κ1) is 21.1. The Kier molecular flexibility index (Phi) is 6.44. The van der Waals surface area contributed by atoms with E-state index in [0.29, 0.717) is 23.7 Å². The number of ketones is 1. The van der Waals surface area contributed by atoms with Gasteiger partial charge in [0, 0.05) is 18.0 Å². The molecule has 0 spiro atoms. The summed E-state index contributed by atoms with van der Waals surface area (Å²) in [6.07, 6.45) is 3.22. The first-order valence-corrected chi connectivity index (χ1v) is 10.6. The summed E-state index contributed by atoms with van der Waals surface area (Å²) in [7, 11) is 0. The number of pyridine rings is 1. The number of aromatic nitrogens is 2. The molecule has 0 aromatic carbocycles. The van der Waals surface area contributed by atoms with Gasteiger partial charge in [-0.2, -0.15) is 0 Å². The van der Waals surface area contributed by atoms with Crippen molar-refractivity contribution in [2.75, 3.05) is 26.2 Å². The standard InChI is InChI=1S/C21H26N4O3S/c1-5-24(6-2)11-12-25-17(15-7-9-22-10-8-15)16(19(27)21(25)28)18(26)20-13(3)23-14(4)29-20/h7-10,17,27H,5-6,11-12H2,1-4H3. The first-order chi connectivity index (χ1) is 13.9. The van der Waals surface area contributed by atoms with Crippen molar-refractivity contribution in [1.29, 1.82) is 0 Å². The predicted octanol–water partition coefficient (Wildman–Crippen LogP) is 0.460. The number of likely N-dealkylation sites (N-methyl/N-ethyl adjacent to an activating group) is 1. The van der Waals surface area contributed by atoms with Crippen LogP contribution in [0.25, 0.3) is 0 Å². The lowest BCUT2D eigenvalue weighted by Crippen LogP contribution is -3.12. The highest BCUT2D eigenvalue weighted by atomic mass is 32.1. The number of hydrogen-bond donors (Lipinski definition) is 1. The molecule has 0 saturated carbocycles. The average Bonchev–Trinajstić information content (AvgIpc) is 3.19. The molecule has 0 bridgehead atoms. The number of thiazole rings is 1. The lowest BCUT2D eigenvalue weighted by Gasteiger charge is -2.28. The van der Waals surface area contributed by atoms with E-state index in [-0.39, 0.29) is 5.57 Å². The quantitative estimate of drug-likeness (QED) is 0.634. The summed E-state index contributed by atoms with van der Waals surface area (Å²) in [6.45, 7) is 10.7. The van der Waals surface area contributed by atoms with Crippen LogP contribution in [0.5, 0.6) is 0 Å². The number of carbonyl (C=O) groups is 2. The zero-order valence-corrected chi connectivity index (χ0v) is 18.0. The van der Waals surface area contributed by atoms with Gasteiger partial charge in [0.15, 0.2) is 0 Å². The van der Waals surface area contributed by atoms with E-state index in [1.54, 1.807) is 36.4 Å². The highest BCUT2D eigenvalue weighted by Crippen LogP contribution is 2.38. The number of amides is 1. The van der Waals surface area contributed by atoms with Gasteiger partial charge in [0.25, 0.3) is 0 Å². The van der Waals surface area contributed by atoms with Crippen LogP contribution in [-0.4, -0.2) is 52.7 Å². The summed E-state index contributed by atoms with van der Waals surface area (Å²) in [5.74, 6) is -1.72. The van der Waals surface area contributed by atoms with E-state index in [9.17, 15) is 14.7 Å². The summed E-state index contributed by atoms with van der Waals surface area (Å²) >= 11 is 1.26. The van der Waals surface area contributed by atoms with Crippen LogP contribution >= 0.6 is 11.3 Å². The van der Waals surface area contributed by atoms with E-state index >= 15 is 0 Å². The van der Waals surface area contributed by atoms with Crippen LogP contribution in [0.4, 0.5) is 0 Å². The zero-order valence-electron chi connectivity index (χ0n) is 17.2. The normalized spacial score (nSPS) is 16.9. The third kappa shape index (κ3) is 4.09. The van der Waals surface area contributed by atoms with E-state index < -0.39 is 23.5 Å². The highest BCUT2D eigenvalue weighted by molar-refractivity contribution is 7.14.